The van der Waals surface area contributed by atoms with Gasteiger partial charge in [0.25, 0.3) is 0 Å². The van der Waals surface area contributed by atoms with Crippen molar-refractivity contribution in [2.24, 2.45) is 5.92 Å². The fraction of sp³-hybridized carbons (Fsp3) is 1.00. The second-order valence-corrected chi connectivity index (χ2v) is 6.85. The van der Waals surface area contributed by atoms with Gasteiger partial charge in [-0.25, -0.2) is 0 Å². The first-order valence-corrected chi connectivity index (χ1v) is 7.13. The third kappa shape index (κ3) is 7.88. The zero-order chi connectivity index (χ0) is 10.6. The molecule has 0 aliphatic heterocycles. The lowest BCUT2D eigenvalue weighted by Crippen LogP contribution is -2.25. The monoisotopic (exact) mass is 322 g/mol. The molecule has 0 fully saturated rings. The van der Waals surface area contributed by atoms with Gasteiger partial charge in [0, 0.05) is 3.92 Å². The van der Waals surface area contributed by atoms with Crippen molar-refractivity contribution in [3.63, 3.8) is 0 Å². The first-order valence-electron chi connectivity index (χ1n) is 4.09. The van der Waals surface area contributed by atoms with Crippen LogP contribution in [0.1, 0.15) is 20.3 Å². The van der Waals surface area contributed by atoms with Crippen LogP contribution in [-0.2, 0) is 4.57 Å². The van der Waals surface area contributed by atoms with E-state index >= 15 is 0 Å². The molecule has 13 heavy (non-hydrogen) atoms. The van der Waals surface area contributed by atoms with Crippen molar-refractivity contribution < 1.29 is 19.5 Å². The van der Waals surface area contributed by atoms with Crippen LogP contribution in [0, 0.1) is 5.92 Å². The van der Waals surface area contributed by atoms with E-state index in [1.165, 1.54) is 0 Å². The highest BCUT2D eigenvalue weighted by Crippen LogP contribution is 2.37. The van der Waals surface area contributed by atoms with Gasteiger partial charge in [-0.1, -0.05) is 36.4 Å². The van der Waals surface area contributed by atoms with Crippen molar-refractivity contribution in [1.29, 1.82) is 0 Å². The molecule has 0 aliphatic rings. The molecule has 0 amide bonds. The molecule has 80 valence electrons. The first kappa shape index (κ1) is 13.8. The largest absolute Gasteiger partial charge is 0.391 e. The molecule has 0 aliphatic carbocycles. The molecule has 0 rings (SSSR count). The number of halogens is 1. The molecule has 0 saturated carbocycles. The highest BCUT2D eigenvalue weighted by Gasteiger charge is 2.25. The normalized spacial score (nSPS) is 17.5. The van der Waals surface area contributed by atoms with E-state index in [1.807, 2.05) is 36.4 Å². The highest BCUT2D eigenvalue weighted by atomic mass is 127. The smallest absolute Gasteiger partial charge is 0.328 e. The molecule has 0 saturated heterocycles. The SMILES string of the molecule is CC(C)CC(I)[C@@H](O)CP(=O)(O)O. The maximum absolute atomic E-state index is 10.6. The van der Waals surface area contributed by atoms with E-state index in [1.54, 1.807) is 0 Å². The zero-order valence-corrected chi connectivity index (χ0v) is 10.8. The minimum absolute atomic E-state index is 0.0924. The predicted molar refractivity (Wildman–Crippen MR) is 60.2 cm³/mol. The maximum atomic E-state index is 10.6. The van der Waals surface area contributed by atoms with Crippen LogP contribution in [0.3, 0.4) is 0 Å². The van der Waals surface area contributed by atoms with Crippen LogP contribution in [0.2, 0.25) is 0 Å². The molecule has 0 aromatic rings. The topological polar surface area (TPSA) is 77.8 Å². The molecular weight excluding hydrogens is 306 g/mol. The Hall–Kier alpha value is 0.840. The summed E-state index contributed by atoms with van der Waals surface area (Å²) in [5, 5.41) is 9.40. The lowest BCUT2D eigenvalue weighted by Gasteiger charge is -2.19. The Morgan fingerprint density at radius 2 is 1.85 bits per heavy atom. The predicted octanol–water partition coefficient (Wildman–Crippen LogP) is 1.37. The number of hydrogen-bond acceptors (Lipinski definition) is 2. The molecule has 4 nitrogen and oxygen atoms in total. The summed E-state index contributed by atoms with van der Waals surface area (Å²) >= 11 is 2.03. The minimum atomic E-state index is -4.07. The summed E-state index contributed by atoms with van der Waals surface area (Å²) in [6.45, 7) is 4.02. The number of aliphatic hydroxyl groups excluding tert-OH is 1. The Morgan fingerprint density at radius 3 is 2.15 bits per heavy atom. The van der Waals surface area contributed by atoms with Crippen LogP contribution in [0.15, 0.2) is 0 Å². The van der Waals surface area contributed by atoms with Crippen molar-refractivity contribution in [3.05, 3.63) is 0 Å². The quantitative estimate of drug-likeness (QED) is 0.406. The van der Waals surface area contributed by atoms with Gasteiger partial charge in [-0.2, -0.15) is 0 Å². The van der Waals surface area contributed by atoms with Crippen LogP contribution >= 0.6 is 30.2 Å². The van der Waals surface area contributed by atoms with Gasteiger partial charge in [-0.05, 0) is 12.3 Å². The first-order chi connectivity index (χ1) is 5.72. The lowest BCUT2D eigenvalue weighted by molar-refractivity contribution is 0.182. The fourth-order valence-electron chi connectivity index (χ4n) is 0.965. The molecule has 1 unspecified atom stereocenters. The van der Waals surface area contributed by atoms with Gasteiger partial charge in [-0.15, -0.1) is 0 Å². The van der Waals surface area contributed by atoms with E-state index in [2.05, 4.69) is 0 Å². The van der Waals surface area contributed by atoms with Crippen molar-refractivity contribution in [2.45, 2.75) is 30.3 Å². The van der Waals surface area contributed by atoms with Crippen molar-refractivity contribution in [3.8, 4) is 0 Å². The average molecular weight is 322 g/mol. The summed E-state index contributed by atoms with van der Waals surface area (Å²) in [5.74, 6) is 0.424. The zero-order valence-electron chi connectivity index (χ0n) is 7.72. The third-order valence-electron chi connectivity index (χ3n) is 1.54. The Bertz CT molecular complexity index is 191. The number of alkyl halides is 1. The van der Waals surface area contributed by atoms with Crippen LogP contribution in [-0.4, -0.2) is 31.1 Å². The molecule has 0 radical (unpaired) electrons. The standard InChI is InChI=1S/C7H16IO4P/c1-5(2)3-6(8)7(9)4-13(10,11)12/h5-7,9H,3-4H2,1-2H3,(H2,10,11,12)/t6?,7-/m0/s1. The number of aliphatic hydroxyl groups is 1. The Kier molecular flexibility index (Phi) is 6.02. The fourth-order valence-corrected chi connectivity index (χ4v) is 3.38. The number of hydrogen-bond donors (Lipinski definition) is 3. The van der Waals surface area contributed by atoms with E-state index in [0.29, 0.717) is 5.92 Å². The molecule has 2 atom stereocenters. The molecular formula is C7H16IO4P. The van der Waals surface area contributed by atoms with Gasteiger partial charge < -0.3 is 14.9 Å². The number of rotatable bonds is 5. The van der Waals surface area contributed by atoms with Gasteiger partial charge in [0.15, 0.2) is 0 Å². The van der Waals surface area contributed by atoms with Gasteiger partial charge in [0.1, 0.15) is 0 Å². The maximum Gasteiger partial charge on any atom is 0.328 e. The summed E-state index contributed by atoms with van der Waals surface area (Å²) in [6.07, 6.45) is -0.585. The summed E-state index contributed by atoms with van der Waals surface area (Å²) in [7, 11) is -4.07. The molecule has 0 spiro atoms. The Balaban J connectivity index is 3.96. The third-order valence-corrected chi connectivity index (χ3v) is 3.73. The van der Waals surface area contributed by atoms with E-state index < -0.39 is 19.9 Å². The van der Waals surface area contributed by atoms with Crippen molar-refractivity contribution in [1.82, 2.24) is 0 Å². The average Bonchev–Trinajstić information content (AvgIpc) is 1.81. The van der Waals surface area contributed by atoms with Crippen LogP contribution < -0.4 is 0 Å². The van der Waals surface area contributed by atoms with Gasteiger partial charge >= 0.3 is 7.60 Å². The second-order valence-electron chi connectivity index (χ2n) is 3.56. The second kappa shape index (κ2) is 5.66. The summed E-state index contributed by atoms with van der Waals surface area (Å²) < 4.78 is 10.5. The summed E-state index contributed by atoms with van der Waals surface area (Å²) in [5.41, 5.74) is 0. The van der Waals surface area contributed by atoms with Gasteiger partial charge in [0.2, 0.25) is 0 Å². The van der Waals surface area contributed by atoms with E-state index in [9.17, 15) is 9.67 Å². The highest BCUT2D eigenvalue weighted by molar-refractivity contribution is 14.1. The Morgan fingerprint density at radius 1 is 1.38 bits per heavy atom. The summed E-state index contributed by atoms with van der Waals surface area (Å²) in [6, 6.07) is 0. The van der Waals surface area contributed by atoms with Gasteiger partial charge in [0.05, 0.1) is 12.3 Å². The van der Waals surface area contributed by atoms with Crippen LogP contribution in [0.25, 0.3) is 0 Å². The lowest BCUT2D eigenvalue weighted by atomic mass is 10.1. The molecule has 0 aromatic heterocycles. The molecule has 0 heterocycles. The Labute approximate surface area is 92.0 Å². The minimum Gasteiger partial charge on any atom is -0.391 e. The van der Waals surface area contributed by atoms with Crippen molar-refractivity contribution >= 4 is 30.2 Å². The van der Waals surface area contributed by atoms with Crippen LogP contribution in [0.5, 0.6) is 0 Å². The van der Waals surface area contributed by atoms with E-state index in [4.69, 9.17) is 9.79 Å². The molecule has 6 heteroatoms. The summed E-state index contributed by atoms with van der Waals surface area (Å²) in [4.78, 5) is 17.2. The van der Waals surface area contributed by atoms with Crippen molar-refractivity contribution in [2.75, 3.05) is 6.16 Å². The van der Waals surface area contributed by atoms with E-state index in [0.717, 1.165) is 6.42 Å². The van der Waals surface area contributed by atoms with Crippen LogP contribution in [0.4, 0.5) is 0 Å². The molecule has 0 bridgehead atoms. The molecule has 0 aromatic carbocycles. The van der Waals surface area contributed by atoms with Gasteiger partial charge in [-0.3, -0.25) is 4.57 Å². The van der Waals surface area contributed by atoms with E-state index in [-0.39, 0.29) is 3.92 Å². The molecule has 3 N–H and O–H groups in total.